The van der Waals surface area contributed by atoms with E-state index in [1.165, 1.54) is 18.6 Å². The molecule has 0 spiro atoms. The summed E-state index contributed by atoms with van der Waals surface area (Å²) >= 11 is 6.85. The van der Waals surface area contributed by atoms with E-state index in [4.69, 9.17) is 16.3 Å². The molecule has 2 unspecified atom stereocenters. The Labute approximate surface area is 258 Å². The highest BCUT2D eigenvalue weighted by Crippen LogP contribution is 2.47. The predicted molar refractivity (Wildman–Crippen MR) is 164 cm³/mol. The molecule has 0 bridgehead atoms. The van der Waals surface area contributed by atoms with Crippen LogP contribution in [0, 0.1) is 23.0 Å². The van der Waals surface area contributed by atoms with Gasteiger partial charge in [-0.2, -0.15) is 10.2 Å². The van der Waals surface area contributed by atoms with Crippen LogP contribution in [-0.4, -0.2) is 76.7 Å². The molecular formula is C32H33ClF2N6O3. The standard InChI is InChI=1S/C32H33ClF2N6O3/c1-3-27(42)40-16-19(2)39(17-21(40)9-10-36)31-24-15-25(33)28(23-8-7-20(34)14-26(23)35)30-29(24)41(32(43)37-31)22(18-44-30)6-4-11-38-12-5-13-38/h3,7-8,14-15,19,21-22H,1,4-6,9,11-13,16-18H2,2H3/t19?,21-,22?/m0/s1. The van der Waals surface area contributed by atoms with E-state index in [1.807, 2.05) is 11.8 Å². The molecule has 0 aliphatic carbocycles. The number of nitrogens with zero attached hydrogens (tertiary/aromatic N) is 6. The van der Waals surface area contributed by atoms with Crippen LogP contribution >= 0.6 is 11.6 Å². The molecule has 6 rings (SSSR count). The number of carbonyl (C=O) groups is 1. The minimum atomic E-state index is -0.804. The zero-order valence-corrected chi connectivity index (χ0v) is 25.2. The number of carbonyl (C=O) groups excluding carboxylic acids is 1. The van der Waals surface area contributed by atoms with E-state index < -0.39 is 23.4 Å². The van der Waals surface area contributed by atoms with Crippen molar-refractivity contribution in [1.29, 1.82) is 5.26 Å². The minimum Gasteiger partial charge on any atom is -0.488 e. The van der Waals surface area contributed by atoms with Crippen molar-refractivity contribution in [3.05, 3.63) is 64.1 Å². The normalized spacial score (nSPS) is 21.5. The summed E-state index contributed by atoms with van der Waals surface area (Å²) in [5, 5.41) is 10.2. The molecule has 1 amide bonds. The second kappa shape index (κ2) is 12.2. The second-order valence-electron chi connectivity index (χ2n) is 11.7. The average molecular weight is 623 g/mol. The lowest BCUT2D eigenvalue weighted by atomic mass is 9.98. The largest absolute Gasteiger partial charge is 0.488 e. The van der Waals surface area contributed by atoms with Gasteiger partial charge in [0.05, 0.1) is 35.1 Å². The molecule has 3 aliphatic heterocycles. The lowest BCUT2D eigenvalue weighted by Crippen LogP contribution is -2.59. The highest BCUT2D eigenvalue weighted by molar-refractivity contribution is 6.35. The van der Waals surface area contributed by atoms with Crippen LogP contribution in [-0.2, 0) is 4.79 Å². The van der Waals surface area contributed by atoms with Crippen LogP contribution in [0.2, 0.25) is 5.02 Å². The van der Waals surface area contributed by atoms with Crippen molar-refractivity contribution in [3.63, 3.8) is 0 Å². The summed E-state index contributed by atoms with van der Waals surface area (Å²) in [6, 6.07) is 6.02. The third-order valence-electron chi connectivity index (χ3n) is 8.94. The van der Waals surface area contributed by atoms with Crippen LogP contribution in [0.3, 0.4) is 0 Å². The highest BCUT2D eigenvalue weighted by atomic mass is 35.5. The van der Waals surface area contributed by atoms with Gasteiger partial charge in [0, 0.05) is 41.7 Å². The fourth-order valence-corrected chi connectivity index (χ4v) is 6.89. The summed E-state index contributed by atoms with van der Waals surface area (Å²) in [5.74, 6) is -1.22. The van der Waals surface area contributed by atoms with E-state index in [2.05, 4.69) is 22.5 Å². The van der Waals surface area contributed by atoms with Gasteiger partial charge in [-0.25, -0.2) is 13.6 Å². The Morgan fingerprint density at radius 3 is 2.73 bits per heavy atom. The Hall–Kier alpha value is -4.01. The average Bonchev–Trinajstić information content (AvgIpc) is 2.97. The van der Waals surface area contributed by atoms with E-state index in [0.29, 0.717) is 29.7 Å². The number of halogens is 3. The molecule has 0 saturated carbocycles. The van der Waals surface area contributed by atoms with E-state index >= 15 is 4.39 Å². The first-order valence-corrected chi connectivity index (χ1v) is 15.3. The van der Waals surface area contributed by atoms with E-state index in [9.17, 15) is 19.2 Å². The number of piperazine rings is 1. The number of aromatic nitrogens is 2. The fourth-order valence-electron chi connectivity index (χ4n) is 6.59. The quantitative estimate of drug-likeness (QED) is 0.329. The van der Waals surface area contributed by atoms with Crippen LogP contribution in [0.15, 0.2) is 41.7 Å². The highest BCUT2D eigenvalue weighted by Gasteiger charge is 2.37. The summed E-state index contributed by atoms with van der Waals surface area (Å²) in [6.45, 7) is 9.29. The molecule has 3 aliphatic rings. The molecule has 4 heterocycles. The van der Waals surface area contributed by atoms with Gasteiger partial charge in [-0.1, -0.05) is 18.2 Å². The van der Waals surface area contributed by atoms with Gasteiger partial charge in [0.25, 0.3) is 0 Å². The van der Waals surface area contributed by atoms with Gasteiger partial charge in [-0.15, -0.1) is 0 Å². The first kappa shape index (κ1) is 30.0. The van der Waals surface area contributed by atoms with Crippen molar-refractivity contribution in [1.82, 2.24) is 19.4 Å². The number of amides is 1. The lowest BCUT2D eigenvalue weighted by molar-refractivity contribution is -0.129. The number of nitriles is 1. The molecule has 2 aromatic carbocycles. The van der Waals surface area contributed by atoms with Gasteiger partial charge in [0.1, 0.15) is 24.1 Å². The molecule has 2 fully saturated rings. The molecule has 3 atom stereocenters. The Balaban J connectivity index is 1.51. The summed E-state index contributed by atoms with van der Waals surface area (Å²) in [5.41, 5.74) is 0.253. The maximum absolute atomic E-state index is 15.1. The third-order valence-corrected chi connectivity index (χ3v) is 9.24. The number of ether oxygens (including phenoxy) is 1. The first-order valence-electron chi connectivity index (χ1n) is 14.9. The maximum atomic E-state index is 15.1. The third kappa shape index (κ3) is 5.30. The molecule has 1 aromatic heterocycles. The second-order valence-corrected chi connectivity index (χ2v) is 12.1. The maximum Gasteiger partial charge on any atom is 0.350 e. The van der Waals surface area contributed by atoms with Crippen molar-refractivity contribution in [2.24, 2.45) is 0 Å². The number of hydrogen-bond donors (Lipinski definition) is 0. The number of hydrogen-bond acceptors (Lipinski definition) is 7. The summed E-state index contributed by atoms with van der Waals surface area (Å²) in [7, 11) is 0. The van der Waals surface area contributed by atoms with Crippen LogP contribution in [0.1, 0.15) is 38.6 Å². The Kier molecular flexibility index (Phi) is 8.31. The van der Waals surface area contributed by atoms with Crippen molar-refractivity contribution in [2.75, 3.05) is 44.2 Å². The Bertz CT molecular complexity index is 1740. The molecular weight excluding hydrogens is 590 g/mol. The van der Waals surface area contributed by atoms with Crippen molar-refractivity contribution in [2.45, 2.75) is 50.7 Å². The number of anilines is 1. The molecule has 3 aromatic rings. The summed E-state index contributed by atoms with van der Waals surface area (Å²) in [4.78, 5) is 37.0. The van der Waals surface area contributed by atoms with Crippen molar-refractivity contribution in [3.8, 4) is 22.9 Å². The van der Waals surface area contributed by atoms with Gasteiger partial charge < -0.3 is 19.4 Å². The van der Waals surface area contributed by atoms with Crippen LogP contribution in [0.4, 0.5) is 14.6 Å². The van der Waals surface area contributed by atoms with Gasteiger partial charge in [-0.3, -0.25) is 9.36 Å². The lowest BCUT2D eigenvalue weighted by Gasteiger charge is -2.45. The molecule has 2 saturated heterocycles. The van der Waals surface area contributed by atoms with Gasteiger partial charge >= 0.3 is 5.69 Å². The molecule has 9 nitrogen and oxygen atoms in total. The molecule has 0 N–H and O–H groups in total. The molecule has 44 heavy (non-hydrogen) atoms. The topological polar surface area (TPSA) is 94.7 Å². The number of likely N-dealkylation sites (tertiary alicyclic amines) is 1. The van der Waals surface area contributed by atoms with Crippen LogP contribution < -0.4 is 15.3 Å². The smallest absolute Gasteiger partial charge is 0.350 e. The van der Waals surface area contributed by atoms with Gasteiger partial charge in [-0.05, 0) is 70.1 Å². The van der Waals surface area contributed by atoms with Crippen LogP contribution in [0.25, 0.3) is 22.0 Å². The zero-order valence-electron chi connectivity index (χ0n) is 24.4. The van der Waals surface area contributed by atoms with E-state index in [-0.39, 0.29) is 59.5 Å². The van der Waals surface area contributed by atoms with E-state index in [0.717, 1.165) is 38.2 Å². The Morgan fingerprint density at radius 2 is 2.05 bits per heavy atom. The zero-order chi connectivity index (χ0) is 31.1. The van der Waals surface area contributed by atoms with Gasteiger partial charge in [0.2, 0.25) is 5.91 Å². The SMILES string of the molecule is C=CC(=O)N1CC(C)N(c2nc(=O)n3c4c(c(-c5ccc(F)cc5F)c(Cl)cc24)OCC3CCCN2CCC2)C[C@@H]1CC#N. The van der Waals surface area contributed by atoms with E-state index in [1.54, 1.807) is 15.5 Å². The molecule has 230 valence electrons. The van der Waals surface area contributed by atoms with Gasteiger partial charge in [0.15, 0.2) is 5.75 Å². The number of benzene rings is 2. The fraction of sp³-hybridized carbons (Fsp3) is 0.438. The predicted octanol–water partition coefficient (Wildman–Crippen LogP) is 4.92. The van der Waals surface area contributed by atoms with Crippen molar-refractivity contribution >= 4 is 34.2 Å². The molecule has 0 radical (unpaired) electrons. The monoisotopic (exact) mass is 622 g/mol. The minimum absolute atomic E-state index is 0.0564. The van der Waals surface area contributed by atoms with Crippen LogP contribution in [0.5, 0.6) is 5.75 Å². The Morgan fingerprint density at radius 1 is 1.25 bits per heavy atom. The number of rotatable bonds is 8. The molecule has 12 heteroatoms. The van der Waals surface area contributed by atoms with Crippen molar-refractivity contribution < 1.29 is 18.3 Å². The summed E-state index contributed by atoms with van der Waals surface area (Å²) in [6.07, 6.45) is 4.05. The first-order chi connectivity index (χ1) is 21.2. The summed E-state index contributed by atoms with van der Waals surface area (Å²) < 4.78 is 37.0.